The molecule has 0 aliphatic carbocycles. The van der Waals surface area contributed by atoms with E-state index in [9.17, 15) is 27.2 Å². The van der Waals surface area contributed by atoms with Crippen molar-refractivity contribution in [2.24, 2.45) is 0 Å². The molecule has 1 saturated heterocycles. The first kappa shape index (κ1) is 24.0. The van der Waals surface area contributed by atoms with E-state index < -0.39 is 29.2 Å². The van der Waals surface area contributed by atoms with Gasteiger partial charge in [0.05, 0.1) is 23.6 Å². The van der Waals surface area contributed by atoms with E-state index in [1.165, 1.54) is 54.2 Å². The number of carbonyl (C=O) groups excluding carboxylic acids is 2. The van der Waals surface area contributed by atoms with Gasteiger partial charge < -0.3 is 14.7 Å². The number of nitriles is 1. The van der Waals surface area contributed by atoms with Crippen molar-refractivity contribution in [3.05, 3.63) is 65.0 Å². The molecule has 6 nitrogen and oxygen atoms in total. The number of hydrogen-bond acceptors (Lipinski definition) is 4. The van der Waals surface area contributed by atoms with E-state index in [-0.39, 0.29) is 43.6 Å². The molecule has 0 saturated carbocycles. The summed E-state index contributed by atoms with van der Waals surface area (Å²) in [7, 11) is 3.07. The molecule has 1 aliphatic heterocycles. The Hall–Kier alpha value is -3.61. The molecule has 0 bridgehead atoms. The smallest absolute Gasteiger partial charge is 0.367 e. The summed E-state index contributed by atoms with van der Waals surface area (Å²) in [4.78, 5) is 30.1. The first-order chi connectivity index (χ1) is 15.5. The third-order valence-electron chi connectivity index (χ3n) is 5.49. The summed E-state index contributed by atoms with van der Waals surface area (Å²) < 4.78 is 53.3. The van der Waals surface area contributed by atoms with E-state index >= 15 is 0 Å². The summed E-state index contributed by atoms with van der Waals surface area (Å²) in [5.41, 5.74) is -0.738. The monoisotopic (exact) mass is 462 g/mol. The molecule has 1 heterocycles. The molecule has 3 rings (SSSR count). The number of hydrogen-bond donors (Lipinski definition) is 0. The van der Waals surface area contributed by atoms with Crippen molar-refractivity contribution in [1.29, 1.82) is 5.26 Å². The second-order valence-corrected chi connectivity index (χ2v) is 7.92. The molecule has 1 atom stereocenters. The van der Waals surface area contributed by atoms with Gasteiger partial charge in [-0.2, -0.15) is 18.4 Å². The minimum absolute atomic E-state index is 0.00459. The highest BCUT2D eigenvalue weighted by atomic mass is 19.4. The lowest BCUT2D eigenvalue weighted by atomic mass is 10.0. The van der Waals surface area contributed by atoms with E-state index in [0.29, 0.717) is 5.56 Å². The van der Waals surface area contributed by atoms with Crippen LogP contribution in [0.25, 0.3) is 0 Å². The minimum atomic E-state index is -4.70. The molecular weight excluding hydrogens is 440 g/mol. The lowest BCUT2D eigenvalue weighted by Gasteiger charge is -2.42. The Labute approximate surface area is 188 Å². The van der Waals surface area contributed by atoms with Gasteiger partial charge in [0.25, 0.3) is 0 Å². The van der Waals surface area contributed by atoms with Crippen molar-refractivity contribution >= 4 is 17.5 Å². The lowest BCUT2D eigenvalue weighted by Crippen LogP contribution is -2.60. The molecule has 2 aromatic rings. The van der Waals surface area contributed by atoms with Crippen LogP contribution in [0.15, 0.2) is 42.5 Å². The molecule has 2 aromatic carbocycles. The maximum absolute atomic E-state index is 13.4. The van der Waals surface area contributed by atoms with Crippen molar-refractivity contribution in [1.82, 2.24) is 9.80 Å². The second-order valence-electron chi connectivity index (χ2n) is 7.92. The highest BCUT2D eigenvalue weighted by molar-refractivity contribution is 5.89. The average Bonchev–Trinajstić information content (AvgIpc) is 2.78. The molecule has 1 unspecified atom stereocenters. The fraction of sp³-hybridized carbons (Fsp3) is 0.348. The van der Waals surface area contributed by atoms with Gasteiger partial charge in [0.15, 0.2) is 0 Å². The van der Waals surface area contributed by atoms with Crippen molar-refractivity contribution in [3.8, 4) is 6.07 Å². The number of alkyl halides is 3. The molecule has 0 N–H and O–H groups in total. The standard InChI is InChI=1S/C23H22F4N4O2/c1-29(2)22(33)20-14-30(18-8-5-16(13-28)19(12-18)23(25,26)27)9-10-31(20)21(32)11-15-3-6-17(24)7-4-15/h3-8,12,20H,9-11,14H2,1-2H3. The Morgan fingerprint density at radius 1 is 1.12 bits per heavy atom. The number of nitrogens with zero attached hydrogens (tertiary/aromatic N) is 4. The molecule has 0 spiro atoms. The molecule has 0 aromatic heterocycles. The molecule has 0 radical (unpaired) electrons. The highest BCUT2D eigenvalue weighted by Gasteiger charge is 2.38. The van der Waals surface area contributed by atoms with Gasteiger partial charge in [0, 0.05) is 39.4 Å². The number of anilines is 1. The predicted molar refractivity (Wildman–Crippen MR) is 113 cm³/mol. The van der Waals surface area contributed by atoms with Gasteiger partial charge in [0.1, 0.15) is 11.9 Å². The zero-order valence-electron chi connectivity index (χ0n) is 18.1. The van der Waals surface area contributed by atoms with Crippen LogP contribution >= 0.6 is 0 Å². The van der Waals surface area contributed by atoms with Crippen molar-refractivity contribution < 1.29 is 27.2 Å². The van der Waals surface area contributed by atoms with E-state index in [4.69, 9.17) is 5.26 Å². The molecule has 2 amide bonds. The molecule has 174 valence electrons. The Balaban J connectivity index is 1.86. The maximum Gasteiger partial charge on any atom is 0.417 e. The fourth-order valence-electron chi connectivity index (χ4n) is 3.76. The van der Waals surface area contributed by atoms with Crippen LogP contribution in [0.5, 0.6) is 0 Å². The van der Waals surface area contributed by atoms with Gasteiger partial charge in [-0.05, 0) is 35.9 Å². The van der Waals surface area contributed by atoms with Crippen LogP contribution < -0.4 is 4.90 Å². The number of piperazine rings is 1. The van der Waals surface area contributed by atoms with E-state index in [0.717, 1.165) is 12.1 Å². The van der Waals surface area contributed by atoms with Gasteiger partial charge in [-0.1, -0.05) is 12.1 Å². The molecule has 1 fully saturated rings. The topological polar surface area (TPSA) is 67.7 Å². The molecule has 33 heavy (non-hydrogen) atoms. The summed E-state index contributed by atoms with van der Waals surface area (Å²) in [6, 6.07) is 9.50. The predicted octanol–water partition coefficient (Wildman–Crippen LogP) is 3.06. The number of likely N-dealkylation sites (N-methyl/N-ethyl adjacent to an activating group) is 1. The van der Waals surface area contributed by atoms with Crippen LogP contribution in [-0.4, -0.2) is 61.4 Å². The van der Waals surface area contributed by atoms with Gasteiger partial charge in [0.2, 0.25) is 11.8 Å². The number of halogens is 4. The third-order valence-corrected chi connectivity index (χ3v) is 5.49. The van der Waals surface area contributed by atoms with Gasteiger partial charge in [-0.3, -0.25) is 9.59 Å². The zero-order valence-corrected chi connectivity index (χ0v) is 18.1. The van der Waals surface area contributed by atoms with Crippen molar-refractivity contribution in [2.45, 2.75) is 18.6 Å². The molecule has 10 heteroatoms. The molecular formula is C23H22F4N4O2. The van der Waals surface area contributed by atoms with Crippen LogP contribution in [0.1, 0.15) is 16.7 Å². The van der Waals surface area contributed by atoms with Crippen LogP contribution in [0.4, 0.5) is 23.2 Å². The number of rotatable bonds is 4. The summed E-state index contributed by atoms with van der Waals surface area (Å²) in [6.45, 7) is 0.316. The van der Waals surface area contributed by atoms with Crippen molar-refractivity contribution in [2.75, 3.05) is 38.6 Å². The minimum Gasteiger partial charge on any atom is -0.367 e. The number of carbonyl (C=O) groups is 2. The summed E-state index contributed by atoms with van der Waals surface area (Å²) in [5, 5.41) is 9.01. The Kier molecular flexibility index (Phi) is 6.91. The Bertz CT molecular complexity index is 1080. The van der Waals surface area contributed by atoms with Gasteiger partial charge >= 0.3 is 6.18 Å². The van der Waals surface area contributed by atoms with Gasteiger partial charge in [-0.15, -0.1) is 0 Å². The Morgan fingerprint density at radius 2 is 1.79 bits per heavy atom. The maximum atomic E-state index is 13.4. The van der Waals surface area contributed by atoms with E-state index in [2.05, 4.69) is 0 Å². The zero-order chi connectivity index (χ0) is 24.3. The van der Waals surface area contributed by atoms with Crippen LogP contribution in [0, 0.1) is 17.1 Å². The first-order valence-electron chi connectivity index (χ1n) is 10.1. The van der Waals surface area contributed by atoms with Crippen LogP contribution in [0.2, 0.25) is 0 Å². The van der Waals surface area contributed by atoms with Gasteiger partial charge in [-0.25, -0.2) is 4.39 Å². The van der Waals surface area contributed by atoms with Crippen LogP contribution in [0.3, 0.4) is 0 Å². The summed E-state index contributed by atoms with van der Waals surface area (Å²) in [5.74, 6) is -1.13. The quantitative estimate of drug-likeness (QED) is 0.655. The number of benzene rings is 2. The fourth-order valence-corrected chi connectivity index (χ4v) is 3.76. The normalized spacial score (nSPS) is 16.3. The average molecular weight is 462 g/mol. The summed E-state index contributed by atoms with van der Waals surface area (Å²) >= 11 is 0. The molecule has 1 aliphatic rings. The van der Waals surface area contributed by atoms with Crippen LogP contribution in [-0.2, 0) is 22.2 Å². The number of amides is 2. The van der Waals surface area contributed by atoms with Crippen molar-refractivity contribution in [3.63, 3.8) is 0 Å². The lowest BCUT2D eigenvalue weighted by molar-refractivity contribution is -0.144. The largest absolute Gasteiger partial charge is 0.417 e. The second kappa shape index (κ2) is 9.48. The first-order valence-corrected chi connectivity index (χ1v) is 10.1. The highest BCUT2D eigenvalue weighted by Crippen LogP contribution is 2.35. The van der Waals surface area contributed by atoms with E-state index in [1.807, 2.05) is 0 Å². The Morgan fingerprint density at radius 3 is 2.36 bits per heavy atom. The third kappa shape index (κ3) is 5.42. The SMILES string of the molecule is CN(C)C(=O)C1CN(c2ccc(C#N)c(C(F)(F)F)c2)CCN1C(=O)Cc1ccc(F)cc1. The van der Waals surface area contributed by atoms with E-state index in [1.54, 1.807) is 11.0 Å². The summed E-state index contributed by atoms with van der Waals surface area (Å²) in [6.07, 6.45) is -4.74.